The lowest BCUT2D eigenvalue weighted by Gasteiger charge is -2.23. The molecule has 2 aromatic heterocycles. The summed E-state index contributed by atoms with van der Waals surface area (Å²) in [6.45, 7) is 10.5. The van der Waals surface area contributed by atoms with Crippen molar-refractivity contribution in [2.24, 2.45) is 5.92 Å². The average Bonchev–Trinajstić information content (AvgIpc) is 3.66. The van der Waals surface area contributed by atoms with Crippen LogP contribution in [0.4, 0.5) is 5.82 Å². The van der Waals surface area contributed by atoms with Gasteiger partial charge in [-0.2, -0.15) is 5.10 Å². The van der Waals surface area contributed by atoms with E-state index in [4.69, 9.17) is 24.5 Å². The summed E-state index contributed by atoms with van der Waals surface area (Å²) >= 11 is 0. The first-order valence-corrected chi connectivity index (χ1v) is 13.7. The molecule has 0 bridgehead atoms. The smallest absolute Gasteiger partial charge is 0.161 e. The van der Waals surface area contributed by atoms with E-state index in [1.807, 2.05) is 31.3 Å². The van der Waals surface area contributed by atoms with Crippen molar-refractivity contribution < 1.29 is 14.6 Å². The summed E-state index contributed by atoms with van der Waals surface area (Å²) in [7, 11) is 1.81. The Kier molecular flexibility index (Phi) is 8.26. The van der Waals surface area contributed by atoms with Gasteiger partial charge >= 0.3 is 0 Å². The van der Waals surface area contributed by atoms with E-state index in [2.05, 4.69) is 41.7 Å². The number of aliphatic hydroxyl groups excluding tert-OH is 1. The lowest BCUT2D eigenvalue weighted by Crippen LogP contribution is -2.29. The first-order chi connectivity index (χ1) is 18.4. The van der Waals surface area contributed by atoms with Crippen LogP contribution < -0.4 is 15.0 Å². The fourth-order valence-electron chi connectivity index (χ4n) is 5.56. The van der Waals surface area contributed by atoms with E-state index in [9.17, 15) is 5.11 Å². The summed E-state index contributed by atoms with van der Waals surface area (Å²) in [4.78, 5) is 12.6. The topological polar surface area (TPSA) is 97.6 Å². The molecule has 0 radical (unpaired) electrons. The third-order valence-electron chi connectivity index (χ3n) is 7.55. The zero-order valence-corrected chi connectivity index (χ0v) is 23.0. The Morgan fingerprint density at radius 2 is 2.05 bits per heavy atom. The van der Waals surface area contributed by atoms with Crippen molar-refractivity contribution in [3.8, 4) is 17.1 Å². The minimum absolute atomic E-state index is 0.221. The third-order valence-corrected chi connectivity index (χ3v) is 7.55. The van der Waals surface area contributed by atoms with Crippen molar-refractivity contribution in [1.29, 1.82) is 0 Å². The number of nitrogens with zero attached hydrogens (tertiary/aromatic N) is 5. The van der Waals surface area contributed by atoms with Gasteiger partial charge in [0.05, 0.1) is 11.7 Å². The molecular formula is C29H40N6O3. The van der Waals surface area contributed by atoms with Crippen LogP contribution >= 0.6 is 0 Å². The molecule has 0 spiro atoms. The second kappa shape index (κ2) is 11.8. The maximum atomic E-state index is 10.0. The molecule has 3 aromatic rings. The van der Waals surface area contributed by atoms with E-state index in [1.54, 1.807) is 0 Å². The predicted octanol–water partition coefficient (Wildman–Crippen LogP) is 3.25. The van der Waals surface area contributed by atoms with E-state index in [0.717, 1.165) is 73.9 Å². The van der Waals surface area contributed by atoms with Gasteiger partial charge in [-0.1, -0.05) is 12.1 Å². The average molecular weight is 521 g/mol. The van der Waals surface area contributed by atoms with Crippen LogP contribution in [-0.4, -0.2) is 77.5 Å². The molecule has 0 amide bonds. The number of hydrogen-bond acceptors (Lipinski definition) is 8. The molecule has 2 unspecified atom stereocenters. The Balaban J connectivity index is 1.44. The Labute approximate surface area is 225 Å². The van der Waals surface area contributed by atoms with E-state index in [1.165, 1.54) is 5.69 Å². The number of aliphatic hydroxyl groups is 1. The van der Waals surface area contributed by atoms with Crippen molar-refractivity contribution in [3.63, 3.8) is 0 Å². The zero-order chi connectivity index (χ0) is 26.6. The first kappa shape index (κ1) is 26.6. The van der Waals surface area contributed by atoms with Crippen molar-refractivity contribution in [1.82, 2.24) is 25.1 Å². The minimum atomic E-state index is -0.573. The maximum Gasteiger partial charge on any atom is 0.161 e. The molecule has 0 saturated carbocycles. The van der Waals surface area contributed by atoms with Gasteiger partial charge in [-0.05, 0) is 71.2 Å². The summed E-state index contributed by atoms with van der Waals surface area (Å²) in [6, 6.07) is 10.3. The lowest BCUT2D eigenvalue weighted by molar-refractivity contribution is 0.108. The highest BCUT2D eigenvalue weighted by Gasteiger charge is 2.29. The molecule has 2 aliphatic rings. The van der Waals surface area contributed by atoms with Crippen LogP contribution in [0, 0.1) is 26.7 Å². The van der Waals surface area contributed by atoms with Crippen LogP contribution in [0.15, 0.2) is 30.3 Å². The molecule has 2 N–H and O–H groups in total. The number of ether oxygens (including phenoxy) is 2. The van der Waals surface area contributed by atoms with Crippen LogP contribution in [0.5, 0.6) is 5.75 Å². The van der Waals surface area contributed by atoms with Gasteiger partial charge in [0.1, 0.15) is 24.3 Å². The van der Waals surface area contributed by atoms with Crippen LogP contribution in [0.1, 0.15) is 41.5 Å². The van der Waals surface area contributed by atoms with Crippen LogP contribution in [-0.2, 0) is 11.2 Å². The number of aryl methyl sites for hydroxylation is 2. The minimum Gasteiger partial charge on any atom is -0.491 e. The standard InChI is InChI=1S/C29H40N6O3/c1-19-12-20(2)35(33-19)24-8-10-34(16-24)29-21(3)27(13-22-9-11-37-17-22)31-28(32-29)23-6-5-7-26(14-23)38-18-25(36)15-30-4/h5-7,12,14,22,24-25,30,36H,8-11,13,15-18H2,1-4H3/t22-,24?,25?/m0/s1. The molecular weight excluding hydrogens is 480 g/mol. The highest BCUT2D eigenvalue weighted by Crippen LogP contribution is 2.33. The Bertz CT molecular complexity index is 1240. The summed E-state index contributed by atoms with van der Waals surface area (Å²) in [6.07, 6.45) is 2.41. The predicted molar refractivity (Wildman–Crippen MR) is 148 cm³/mol. The first-order valence-electron chi connectivity index (χ1n) is 13.7. The van der Waals surface area contributed by atoms with Crippen LogP contribution in [0.2, 0.25) is 0 Å². The summed E-state index contributed by atoms with van der Waals surface area (Å²) in [5, 5.41) is 17.8. The maximum absolute atomic E-state index is 10.0. The number of anilines is 1. The van der Waals surface area contributed by atoms with Crippen molar-refractivity contribution in [2.45, 2.75) is 52.2 Å². The van der Waals surface area contributed by atoms with Gasteiger partial charge in [-0.3, -0.25) is 4.68 Å². The fourth-order valence-corrected chi connectivity index (χ4v) is 5.56. The van der Waals surface area contributed by atoms with Gasteiger partial charge in [-0.15, -0.1) is 0 Å². The third kappa shape index (κ3) is 6.00. The molecule has 5 rings (SSSR count). The summed E-state index contributed by atoms with van der Waals surface area (Å²) in [5.74, 6) is 2.88. The molecule has 38 heavy (non-hydrogen) atoms. The number of aromatic nitrogens is 4. The van der Waals surface area contributed by atoms with Gasteiger partial charge in [0, 0.05) is 55.4 Å². The number of rotatable bonds is 10. The highest BCUT2D eigenvalue weighted by molar-refractivity contribution is 5.62. The fraction of sp³-hybridized carbons (Fsp3) is 0.552. The van der Waals surface area contributed by atoms with Gasteiger partial charge < -0.3 is 24.8 Å². The Hall–Kier alpha value is -3.01. The number of hydrogen-bond donors (Lipinski definition) is 2. The quantitative estimate of drug-likeness (QED) is 0.421. The van der Waals surface area contributed by atoms with Crippen molar-refractivity contribution in [3.05, 3.63) is 53.0 Å². The number of nitrogens with one attached hydrogen (secondary N) is 1. The van der Waals surface area contributed by atoms with Gasteiger partial charge in [-0.25, -0.2) is 9.97 Å². The summed E-state index contributed by atoms with van der Waals surface area (Å²) < 4.78 is 13.7. The molecule has 9 nitrogen and oxygen atoms in total. The highest BCUT2D eigenvalue weighted by atomic mass is 16.5. The summed E-state index contributed by atoms with van der Waals surface area (Å²) in [5.41, 5.74) is 5.41. The van der Waals surface area contributed by atoms with Gasteiger partial charge in [0.25, 0.3) is 0 Å². The molecule has 3 atom stereocenters. The zero-order valence-electron chi connectivity index (χ0n) is 23.0. The van der Waals surface area contributed by atoms with Crippen LogP contribution in [0.25, 0.3) is 11.4 Å². The second-order valence-corrected chi connectivity index (χ2v) is 10.7. The Morgan fingerprint density at radius 1 is 1.18 bits per heavy atom. The monoisotopic (exact) mass is 520 g/mol. The molecule has 1 aromatic carbocycles. The molecule has 2 fully saturated rings. The van der Waals surface area contributed by atoms with Crippen molar-refractivity contribution >= 4 is 5.82 Å². The van der Waals surface area contributed by atoms with E-state index < -0.39 is 6.10 Å². The number of likely N-dealkylation sites (N-methyl/N-ethyl adjacent to an activating group) is 1. The van der Waals surface area contributed by atoms with E-state index in [0.29, 0.717) is 30.1 Å². The van der Waals surface area contributed by atoms with Crippen molar-refractivity contribution in [2.75, 3.05) is 51.4 Å². The SMILES string of the molecule is CNCC(O)COc1cccc(-c2nc(C[C@@H]3CCOC3)c(C)c(N3CCC(n4nc(C)cc4C)C3)n2)c1. The van der Waals surface area contributed by atoms with Gasteiger partial charge in [0.2, 0.25) is 0 Å². The Morgan fingerprint density at radius 3 is 2.79 bits per heavy atom. The normalized spacial score (nSPS) is 20.3. The van der Waals surface area contributed by atoms with Crippen LogP contribution in [0.3, 0.4) is 0 Å². The molecule has 204 valence electrons. The molecule has 9 heteroatoms. The lowest BCUT2D eigenvalue weighted by atomic mass is 9.99. The molecule has 4 heterocycles. The van der Waals surface area contributed by atoms with E-state index in [-0.39, 0.29) is 6.61 Å². The van der Waals surface area contributed by atoms with E-state index >= 15 is 0 Å². The second-order valence-electron chi connectivity index (χ2n) is 10.7. The molecule has 0 aliphatic carbocycles. The molecule has 2 aliphatic heterocycles. The number of benzene rings is 1. The largest absolute Gasteiger partial charge is 0.491 e. The van der Waals surface area contributed by atoms with Gasteiger partial charge in [0.15, 0.2) is 5.82 Å². The molecule has 2 saturated heterocycles.